The smallest absolute Gasteiger partial charge is 0.274 e. The number of aromatic nitrogens is 5. The number of aryl methyl sites for hydroxylation is 1. The van der Waals surface area contributed by atoms with E-state index in [1.807, 2.05) is 6.07 Å². The van der Waals surface area contributed by atoms with Gasteiger partial charge in [0.1, 0.15) is 12.7 Å². The fourth-order valence-electron chi connectivity index (χ4n) is 2.99. The van der Waals surface area contributed by atoms with Gasteiger partial charge < -0.3 is 5.32 Å². The number of nitrogens with zero attached hydrogens (tertiary/aromatic N) is 5. The van der Waals surface area contributed by atoms with Crippen molar-refractivity contribution in [3.05, 3.63) is 76.2 Å². The third-order valence-electron chi connectivity index (χ3n) is 4.26. The van der Waals surface area contributed by atoms with Crippen molar-refractivity contribution in [2.45, 2.75) is 6.42 Å². The normalized spacial score (nSPS) is 10.9. The fraction of sp³-hybridized carbons (Fsp3) is 0.105. The second kappa shape index (κ2) is 7.24. The maximum atomic E-state index is 12.7. The van der Waals surface area contributed by atoms with E-state index in [0.717, 1.165) is 0 Å². The summed E-state index contributed by atoms with van der Waals surface area (Å²) in [6.07, 6.45) is 2.93. The number of benzene rings is 2. The molecule has 0 saturated heterocycles. The number of carbonyl (C=O) groups excluding carboxylic acids is 1. The number of nitrogens with one attached hydrogen (secondary N) is 1. The van der Waals surface area contributed by atoms with E-state index in [9.17, 15) is 9.59 Å². The molecule has 0 bridgehead atoms. The van der Waals surface area contributed by atoms with Gasteiger partial charge in [-0.2, -0.15) is 10.2 Å². The summed E-state index contributed by atoms with van der Waals surface area (Å²) in [6, 6.07) is 12.2. The van der Waals surface area contributed by atoms with Gasteiger partial charge in [0.05, 0.1) is 28.9 Å². The molecule has 4 aromatic rings. The molecule has 28 heavy (non-hydrogen) atoms. The molecule has 0 unspecified atom stereocenters. The predicted molar refractivity (Wildman–Crippen MR) is 106 cm³/mol. The molecular weight excluding hydrogens is 380 g/mol. The second-order valence-electron chi connectivity index (χ2n) is 6.15. The zero-order chi connectivity index (χ0) is 19.7. The Morgan fingerprint density at radius 2 is 1.96 bits per heavy atom. The van der Waals surface area contributed by atoms with E-state index >= 15 is 0 Å². The lowest BCUT2D eigenvalue weighted by Gasteiger charge is -2.12. The Labute approximate surface area is 164 Å². The van der Waals surface area contributed by atoms with Crippen molar-refractivity contribution in [3.63, 3.8) is 0 Å². The molecule has 2 aromatic carbocycles. The maximum Gasteiger partial charge on any atom is 0.274 e. The molecule has 0 spiro atoms. The van der Waals surface area contributed by atoms with Crippen LogP contribution in [-0.2, 0) is 18.3 Å². The molecule has 0 fully saturated rings. The predicted octanol–water partition coefficient (Wildman–Crippen LogP) is 2.35. The SMILES string of the molecule is Cn1nc(CC(=O)Nc2cc(Cl)ccc2-n2cncn2)c2ccccc2c1=O. The quantitative estimate of drug-likeness (QED) is 0.573. The number of rotatable bonds is 4. The number of halogens is 1. The van der Waals surface area contributed by atoms with Gasteiger partial charge in [0, 0.05) is 17.5 Å². The molecule has 1 N–H and O–H groups in total. The van der Waals surface area contributed by atoms with Crippen LogP contribution in [0.1, 0.15) is 5.69 Å². The van der Waals surface area contributed by atoms with Crippen LogP contribution in [0.25, 0.3) is 16.5 Å². The minimum absolute atomic E-state index is 0.00204. The van der Waals surface area contributed by atoms with Gasteiger partial charge in [-0.15, -0.1) is 0 Å². The van der Waals surface area contributed by atoms with Gasteiger partial charge in [-0.05, 0) is 24.3 Å². The topological polar surface area (TPSA) is 94.7 Å². The largest absolute Gasteiger partial charge is 0.324 e. The summed E-state index contributed by atoms with van der Waals surface area (Å²) in [5.74, 6) is -0.292. The third kappa shape index (κ3) is 3.37. The molecule has 0 aliphatic carbocycles. The fourth-order valence-corrected chi connectivity index (χ4v) is 3.17. The highest BCUT2D eigenvalue weighted by atomic mass is 35.5. The van der Waals surface area contributed by atoms with E-state index in [1.54, 1.807) is 43.4 Å². The zero-order valence-electron chi connectivity index (χ0n) is 14.8. The summed E-state index contributed by atoms with van der Waals surface area (Å²) >= 11 is 6.09. The van der Waals surface area contributed by atoms with Crippen molar-refractivity contribution in [2.24, 2.45) is 7.05 Å². The lowest BCUT2D eigenvalue weighted by molar-refractivity contribution is -0.115. The Kier molecular flexibility index (Phi) is 4.62. The average Bonchev–Trinajstić information content (AvgIpc) is 3.20. The number of fused-ring (bicyclic) bond motifs is 1. The van der Waals surface area contributed by atoms with Crippen LogP contribution in [0.15, 0.2) is 59.9 Å². The molecule has 0 aliphatic rings. The lowest BCUT2D eigenvalue weighted by atomic mass is 10.1. The maximum absolute atomic E-state index is 12.7. The number of anilines is 1. The number of hydrogen-bond donors (Lipinski definition) is 1. The number of hydrogen-bond acceptors (Lipinski definition) is 5. The minimum atomic E-state index is -0.292. The van der Waals surface area contributed by atoms with Gasteiger partial charge >= 0.3 is 0 Å². The van der Waals surface area contributed by atoms with Crippen LogP contribution in [0.2, 0.25) is 5.02 Å². The van der Waals surface area contributed by atoms with Crippen molar-refractivity contribution in [1.29, 1.82) is 0 Å². The van der Waals surface area contributed by atoms with Crippen LogP contribution in [0.3, 0.4) is 0 Å². The molecule has 9 heteroatoms. The zero-order valence-corrected chi connectivity index (χ0v) is 15.6. The molecule has 140 valence electrons. The molecule has 0 saturated carbocycles. The second-order valence-corrected chi connectivity index (χ2v) is 6.58. The first kappa shape index (κ1) is 17.9. The molecule has 0 aliphatic heterocycles. The van der Waals surface area contributed by atoms with Gasteiger partial charge in [-0.1, -0.05) is 29.8 Å². The van der Waals surface area contributed by atoms with Crippen LogP contribution in [0.4, 0.5) is 5.69 Å². The molecule has 4 rings (SSSR count). The van der Waals surface area contributed by atoms with E-state index in [2.05, 4.69) is 20.5 Å². The number of amides is 1. The molecule has 2 heterocycles. The highest BCUT2D eigenvalue weighted by molar-refractivity contribution is 6.31. The first-order chi connectivity index (χ1) is 13.5. The monoisotopic (exact) mass is 394 g/mol. The first-order valence-corrected chi connectivity index (χ1v) is 8.80. The molecule has 8 nitrogen and oxygen atoms in total. The van der Waals surface area contributed by atoms with Crippen molar-refractivity contribution in [1.82, 2.24) is 24.5 Å². The van der Waals surface area contributed by atoms with E-state index in [4.69, 9.17) is 11.6 Å². The van der Waals surface area contributed by atoms with Crippen molar-refractivity contribution in [3.8, 4) is 5.69 Å². The van der Waals surface area contributed by atoms with Crippen LogP contribution >= 0.6 is 11.6 Å². The number of carbonyl (C=O) groups is 1. The summed E-state index contributed by atoms with van der Waals surface area (Å²) in [5, 5.41) is 12.9. The van der Waals surface area contributed by atoms with Gasteiger partial charge in [0.2, 0.25) is 5.91 Å². The van der Waals surface area contributed by atoms with E-state index in [-0.39, 0.29) is 17.9 Å². The third-order valence-corrected chi connectivity index (χ3v) is 4.49. The van der Waals surface area contributed by atoms with Crippen molar-refractivity contribution < 1.29 is 4.79 Å². The van der Waals surface area contributed by atoms with Gasteiger partial charge in [-0.25, -0.2) is 14.3 Å². The van der Waals surface area contributed by atoms with Crippen molar-refractivity contribution >= 4 is 34.0 Å². The van der Waals surface area contributed by atoms with Gasteiger partial charge in [0.25, 0.3) is 5.56 Å². The van der Waals surface area contributed by atoms with E-state index in [0.29, 0.717) is 32.9 Å². The Morgan fingerprint density at radius 1 is 1.18 bits per heavy atom. The van der Waals surface area contributed by atoms with Gasteiger partial charge in [0.15, 0.2) is 0 Å². The molecule has 1 amide bonds. The van der Waals surface area contributed by atoms with E-state index < -0.39 is 0 Å². The summed E-state index contributed by atoms with van der Waals surface area (Å²) in [5.41, 5.74) is 1.44. The summed E-state index contributed by atoms with van der Waals surface area (Å²) in [7, 11) is 1.57. The summed E-state index contributed by atoms with van der Waals surface area (Å²) in [6.45, 7) is 0. The Balaban J connectivity index is 1.67. The molecule has 2 aromatic heterocycles. The van der Waals surface area contributed by atoms with Gasteiger partial charge in [-0.3, -0.25) is 9.59 Å². The molecule has 0 radical (unpaired) electrons. The Hall–Kier alpha value is -3.52. The Morgan fingerprint density at radius 3 is 2.71 bits per heavy atom. The minimum Gasteiger partial charge on any atom is -0.324 e. The van der Waals surface area contributed by atoms with Crippen LogP contribution in [0, 0.1) is 0 Å². The summed E-state index contributed by atoms with van der Waals surface area (Å²) in [4.78, 5) is 28.9. The van der Waals surface area contributed by atoms with E-state index in [1.165, 1.54) is 22.0 Å². The Bertz CT molecular complexity index is 1230. The summed E-state index contributed by atoms with van der Waals surface area (Å²) < 4.78 is 2.77. The standard InChI is InChI=1S/C19H15ClN6O2/c1-25-19(28)14-5-3-2-4-13(14)15(24-25)9-18(27)23-16-8-12(20)6-7-17(16)26-11-21-10-22-26/h2-8,10-11H,9H2,1H3,(H,23,27). The van der Waals surface area contributed by atoms with Crippen LogP contribution < -0.4 is 10.9 Å². The highest BCUT2D eigenvalue weighted by Crippen LogP contribution is 2.24. The molecule has 0 atom stereocenters. The first-order valence-electron chi connectivity index (χ1n) is 8.42. The highest BCUT2D eigenvalue weighted by Gasteiger charge is 2.15. The van der Waals surface area contributed by atoms with Crippen LogP contribution in [0.5, 0.6) is 0 Å². The molecular formula is C19H15ClN6O2. The van der Waals surface area contributed by atoms with Crippen molar-refractivity contribution in [2.75, 3.05) is 5.32 Å². The average molecular weight is 395 g/mol. The van der Waals surface area contributed by atoms with Crippen LogP contribution in [-0.4, -0.2) is 30.5 Å². The lowest BCUT2D eigenvalue weighted by Crippen LogP contribution is -2.24.